The molecular formula is C14H23NaO6. The van der Waals surface area contributed by atoms with Gasteiger partial charge in [-0.15, -0.1) is 0 Å². The molecule has 7 heteroatoms. The van der Waals surface area contributed by atoms with E-state index < -0.39 is 35.7 Å². The summed E-state index contributed by atoms with van der Waals surface area (Å²) >= 11 is 0. The largest absolute Gasteiger partial charge is 1.00 e. The van der Waals surface area contributed by atoms with Crippen molar-refractivity contribution in [2.45, 2.75) is 40.5 Å². The summed E-state index contributed by atoms with van der Waals surface area (Å²) in [7, 11) is 0. The second-order valence-corrected chi connectivity index (χ2v) is 5.12. The van der Waals surface area contributed by atoms with E-state index in [9.17, 15) is 19.5 Å². The van der Waals surface area contributed by atoms with Crippen LogP contribution < -0.4 is 34.7 Å². The molecule has 0 rings (SSSR count). The Morgan fingerprint density at radius 2 is 1.62 bits per heavy atom. The Labute approximate surface area is 147 Å². The van der Waals surface area contributed by atoms with Crippen LogP contribution in [0, 0.1) is 23.7 Å². The van der Waals surface area contributed by atoms with E-state index in [1.54, 1.807) is 27.7 Å². The van der Waals surface area contributed by atoms with Crippen LogP contribution in [0.2, 0.25) is 0 Å². The third kappa shape index (κ3) is 7.29. The minimum atomic E-state index is -1.44. The zero-order chi connectivity index (χ0) is 15.9. The summed E-state index contributed by atoms with van der Waals surface area (Å²) in [5.74, 6) is -6.16. The molecule has 0 aromatic heterocycles. The average Bonchev–Trinajstić information content (AvgIpc) is 2.32. The third-order valence-corrected chi connectivity index (χ3v) is 3.45. The fourth-order valence-corrected chi connectivity index (χ4v) is 2.22. The molecule has 0 aliphatic heterocycles. The molecule has 0 amide bonds. The van der Waals surface area contributed by atoms with Crippen LogP contribution in [0.3, 0.4) is 0 Å². The Morgan fingerprint density at radius 3 is 1.90 bits per heavy atom. The molecule has 0 aromatic rings. The predicted octanol–water partition coefficient (Wildman–Crippen LogP) is -2.31. The molecule has 3 atom stereocenters. The molecular weight excluding hydrogens is 287 g/mol. The van der Waals surface area contributed by atoms with Crippen molar-refractivity contribution in [1.82, 2.24) is 0 Å². The van der Waals surface area contributed by atoms with Gasteiger partial charge in [0.25, 0.3) is 0 Å². The van der Waals surface area contributed by atoms with Crippen LogP contribution in [0.25, 0.3) is 0 Å². The van der Waals surface area contributed by atoms with Crippen molar-refractivity contribution in [3.8, 4) is 0 Å². The molecule has 0 radical (unpaired) electrons. The van der Waals surface area contributed by atoms with Gasteiger partial charge in [-0.3, -0.25) is 9.59 Å². The van der Waals surface area contributed by atoms with Crippen LogP contribution in [0.5, 0.6) is 0 Å². The molecule has 0 aliphatic rings. The van der Waals surface area contributed by atoms with Crippen molar-refractivity contribution >= 4 is 17.9 Å². The van der Waals surface area contributed by atoms with E-state index in [1.807, 2.05) is 0 Å². The summed E-state index contributed by atoms with van der Waals surface area (Å²) in [5, 5.41) is 20.3. The summed E-state index contributed by atoms with van der Waals surface area (Å²) in [5.41, 5.74) is 0. The van der Waals surface area contributed by atoms with Gasteiger partial charge in [-0.1, -0.05) is 20.8 Å². The summed E-state index contributed by atoms with van der Waals surface area (Å²) in [4.78, 5) is 34.2. The SMILES string of the molecule is CCOC(=O)C(CC(C(=O)[O-])C(CC)C(=O)O)C(C)C.[Na+]. The van der Waals surface area contributed by atoms with Gasteiger partial charge in [-0.25, -0.2) is 0 Å². The number of ether oxygens (including phenoxy) is 1. The van der Waals surface area contributed by atoms with Gasteiger partial charge in [-0.05, 0) is 25.7 Å². The van der Waals surface area contributed by atoms with Gasteiger partial charge in [0.1, 0.15) is 0 Å². The molecule has 116 valence electrons. The topological polar surface area (TPSA) is 104 Å². The van der Waals surface area contributed by atoms with Crippen LogP contribution in [-0.4, -0.2) is 29.6 Å². The van der Waals surface area contributed by atoms with Crippen molar-refractivity contribution < 1.29 is 58.9 Å². The first-order valence-corrected chi connectivity index (χ1v) is 6.86. The third-order valence-electron chi connectivity index (χ3n) is 3.45. The molecule has 0 spiro atoms. The fraction of sp³-hybridized carbons (Fsp3) is 0.786. The molecule has 0 saturated carbocycles. The van der Waals surface area contributed by atoms with Gasteiger partial charge in [0.05, 0.1) is 18.4 Å². The summed E-state index contributed by atoms with van der Waals surface area (Å²) < 4.78 is 4.92. The maximum Gasteiger partial charge on any atom is 1.00 e. The molecule has 0 bridgehead atoms. The molecule has 3 unspecified atom stereocenters. The van der Waals surface area contributed by atoms with Crippen LogP contribution in [-0.2, 0) is 19.1 Å². The van der Waals surface area contributed by atoms with Crippen molar-refractivity contribution in [2.75, 3.05) is 6.61 Å². The molecule has 21 heavy (non-hydrogen) atoms. The summed E-state index contributed by atoms with van der Waals surface area (Å²) in [6.45, 7) is 7.01. The fourth-order valence-electron chi connectivity index (χ4n) is 2.22. The number of carboxylic acids is 2. The second-order valence-electron chi connectivity index (χ2n) is 5.12. The molecule has 0 aromatic carbocycles. The first kappa shape index (κ1) is 22.7. The van der Waals surface area contributed by atoms with E-state index in [1.165, 1.54) is 0 Å². The second kappa shape index (κ2) is 11.0. The number of carbonyl (C=O) groups excluding carboxylic acids is 2. The summed E-state index contributed by atoms with van der Waals surface area (Å²) in [6.07, 6.45) is 0.0886. The standard InChI is InChI=1S/C14H24O6.Na/c1-5-9(12(15)16)11(13(17)18)7-10(8(3)4)14(19)20-6-2;/h8-11H,5-7H2,1-4H3,(H,15,16)(H,17,18);/q;+1/p-1. The van der Waals surface area contributed by atoms with E-state index in [0.717, 1.165) is 0 Å². The van der Waals surface area contributed by atoms with Gasteiger partial charge in [-0.2, -0.15) is 0 Å². The Morgan fingerprint density at radius 1 is 1.10 bits per heavy atom. The summed E-state index contributed by atoms with van der Waals surface area (Å²) in [6, 6.07) is 0. The van der Waals surface area contributed by atoms with Crippen molar-refractivity contribution in [1.29, 1.82) is 0 Å². The Hall–Kier alpha value is -0.590. The average molecular weight is 310 g/mol. The number of esters is 1. The van der Waals surface area contributed by atoms with Crippen LogP contribution in [0.4, 0.5) is 0 Å². The van der Waals surface area contributed by atoms with E-state index in [0.29, 0.717) is 0 Å². The van der Waals surface area contributed by atoms with Crippen LogP contribution >= 0.6 is 0 Å². The van der Waals surface area contributed by atoms with E-state index >= 15 is 0 Å². The number of hydrogen-bond acceptors (Lipinski definition) is 5. The van der Waals surface area contributed by atoms with Crippen molar-refractivity contribution in [2.24, 2.45) is 23.7 Å². The van der Waals surface area contributed by atoms with Gasteiger partial charge < -0.3 is 19.7 Å². The number of aliphatic carboxylic acids is 2. The normalized spacial score (nSPS) is 14.7. The van der Waals surface area contributed by atoms with E-state index in [-0.39, 0.29) is 54.9 Å². The van der Waals surface area contributed by atoms with Crippen molar-refractivity contribution in [3.63, 3.8) is 0 Å². The number of hydrogen-bond donors (Lipinski definition) is 1. The number of rotatable bonds is 9. The zero-order valence-corrected chi connectivity index (χ0v) is 15.4. The minimum absolute atomic E-state index is 0. The first-order valence-electron chi connectivity index (χ1n) is 6.86. The molecule has 0 heterocycles. The zero-order valence-electron chi connectivity index (χ0n) is 13.4. The predicted molar refractivity (Wildman–Crippen MR) is 69.5 cm³/mol. The van der Waals surface area contributed by atoms with Gasteiger partial charge in [0.15, 0.2) is 0 Å². The molecule has 0 aliphatic carbocycles. The van der Waals surface area contributed by atoms with Gasteiger partial charge in [0, 0.05) is 11.9 Å². The Bertz CT molecular complexity index is 355. The quantitative estimate of drug-likeness (QED) is 0.379. The Balaban J connectivity index is 0. The minimum Gasteiger partial charge on any atom is -0.550 e. The van der Waals surface area contributed by atoms with Gasteiger partial charge >= 0.3 is 41.5 Å². The molecule has 1 N–H and O–H groups in total. The smallest absolute Gasteiger partial charge is 0.550 e. The number of carbonyl (C=O) groups is 3. The molecule has 0 fully saturated rings. The first-order chi connectivity index (χ1) is 9.26. The van der Waals surface area contributed by atoms with Crippen LogP contribution in [0.1, 0.15) is 40.5 Å². The number of carboxylic acid groups (broad SMARTS) is 2. The molecule has 0 saturated heterocycles. The van der Waals surface area contributed by atoms with Gasteiger partial charge in [0.2, 0.25) is 0 Å². The Kier molecular flexibility index (Phi) is 11.9. The van der Waals surface area contributed by atoms with E-state index in [2.05, 4.69) is 0 Å². The monoisotopic (exact) mass is 310 g/mol. The van der Waals surface area contributed by atoms with Crippen molar-refractivity contribution in [3.05, 3.63) is 0 Å². The van der Waals surface area contributed by atoms with E-state index in [4.69, 9.17) is 9.84 Å². The maximum absolute atomic E-state index is 11.8. The maximum atomic E-state index is 11.8. The molecule has 6 nitrogen and oxygen atoms in total. The van der Waals surface area contributed by atoms with Crippen LogP contribution in [0.15, 0.2) is 0 Å².